The van der Waals surface area contributed by atoms with E-state index in [9.17, 15) is 4.79 Å². The molecule has 2 rings (SSSR count). The molecule has 0 radical (unpaired) electrons. The molecule has 0 amide bonds. The minimum absolute atomic E-state index is 0.0403. The molecule has 0 aromatic carbocycles. The van der Waals surface area contributed by atoms with Crippen LogP contribution in [0.1, 0.15) is 44.9 Å². The lowest BCUT2D eigenvalue weighted by atomic mass is 9.66. The van der Waals surface area contributed by atoms with Crippen molar-refractivity contribution in [1.82, 2.24) is 0 Å². The van der Waals surface area contributed by atoms with Crippen molar-refractivity contribution in [2.75, 3.05) is 13.7 Å². The third-order valence-corrected chi connectivity index (χ3v) is 4.45. The summed E-state index contributed by atoms with van der Waals surface area (Å²) in [6.07, 6.45) is 8.12. The highest BCUT2D eigenvalue weighted by Crippen LogP contribution is 2.50. The van der Waals surface area contributed by atoms with Crippen molar-refractivity contribution >= 4 is 5.97 Å². The normalized spacial score (nSPS) is 34.8. The minimum atomic E-state index is -0.0955. The Kier molecular flexibility index (Phi) is 3.53. The van der Waals surface area contributed by atoms with Crippen LogP contribution >= 0.6 is 0 Å². The summed E-state index contributed by atoms with van der Waals surface area (Å²) in [5, 5.41) is 0. The Hall–Kier alpha value is -0.570. The van der Waals surface area contributed by atoms with E-state index < -0.39 is 0 Å². The van der Waals surface area contributed by atoms with Crippen LogP contribution in [0.15, 0.2) is 0 Å². The van der Waals surface area contributed by atoms with Crippen LogP contribution in [0.25, 0.3) is 0 Å². The lowest BCUT2D eigenvalue weighted by Crippen LogP contribution is -2.38. The van der Waals surface area contributed by atoms with Crippen molar-refractivity contribution in [2.24, 2.45) is 23.0 Å². The van der Waals surface area contributed by atoms with E-state index >= 15 is 0 Å². The smallest absolute Gasteiger partial charge is 0.306 e. The zero-order chi connectivity index (χ0) is 11.6. The second-order valence-corrected chi connectivity index (χ2v) is 5.65. The third kappa shape index (κ3) is 2.57. The van der Waals surface area contributed by atoms with Crippen molar-refractivity contribution in [3.05, 3.63) is 0 Å². The number of hydrogen-bond donors (Lipinski definition) is 1. The first-order chi connectivity index (χ1) is 7.69. The quantitative estimate of drug-likeness (QED) is 0.745. The molecule has 2 atom stereocenters. The Morgan fingerprint density at radius 2 is 2.12 bits per heavy atom. The van der Waals surface area contributed by atoms with Crippen molar-refractivity contribution in [2.45, 2.75) is 44.9 Å². The van der Waals surface area contributed by atoms with Crippen LogP contribution < -0.4 is 5.73 Å². The molecule has 2 N–H and O–H groups in total. The van der Waals surface area contributed by atoms with Crippen molar-refractivity contribution in [3.8, 4) is 0 Å². The number of carbonyl (C=O) groups excluding carboxylic acids is 1. The van der Waals surface area contributed by atoms with Gasteiger partial charge in [-0.15, -0.1) is 0 Å². The molecular weight excluding hydrogens is 202 g/mol. The number of hydrogen-bond acceptors (Lipinski definition) is 3. The van der Waals surface area contributed by atoms with Gasteiger partial charge in [0.05, 0.1) is 13.5 Å². The van der Waals surface area contributed by atoms with Crippen LogP contribution in [0.3, 0.4) is 0 Å². The summed E-state index contributed by atoms with van der Waals surface area (Å²) in [7, 11) is 1.47. The largest absolute Gasteiger partial charge is 0.469 e. The summed E-state index contributed by atoms with van der Waals surface area (Å²) < 4.78 is 4.80. The van der Waals surface area contributed by atoms with Gasteiger partial charge in [-0.1, -0.05) is 12.8 Å². The van der Waals surface area contributed by atoms with E-state index in [4.69, 9.17) is 10.5 Å². The van der Waals surface area contributed by atoms with Crippen LogP contribution in [0, 0.1) is 17.3 Å². The summed E-state index contributed by atoms with van der Waals surface area (Å²) >= 11 is 0. The van der Waals surface area contributed by atoms with Crippen LogP contribution in [0.4, 0.5) is 0 Å². The molecule has 0 aliphatic heterocycles. The molecule has 0 aromatic heterocycles. The molecule has 2 aliphatic rings. The highest BCUT2D eigenvalue weighted by molar-refractivity contribution is 5.70. The fourth-order valence-corrected chi connectivity index (χ4v) is 3.27. The van der Waals surface area contributed by atoms with Crippen LogP contribution in [-0.4, -0.2) is 19.6 Å². The minimum Gasteiger partial charge on any atom is -0.469 e. The second-order valence-electron chi connectivity index (χ2n) is 5.65. The van der Waals surface area contributed by atoms with Crippen molar-refractivity contribution in [1.29, 1.82) is 0 Å². The molecule has 0 saturated heterocycles. The summed E-state index contributed by atoms with van der Waals surface area (Å²) in [6.45, 7) is 0.630. The fourth-order valence-electron chi connectivity index (χ4n) is 3.27. The maximum Gasteiger partial charge on any atom is 0.306 e. The Balaban J connectivity index is 1.98. The zero-order valence-electron chi connectivity index (χ0n) is 10.2. The highest BCUT2D eigenvalue weighted by Gasteiger charge is 2.42. The zero-order valence-corrected chi connectivity index (χ0v) is 10.2. The molecule has 3 heteroatoms. The molecule has 2 fully saturated rings. The molecule has 2 unspecified atom stereocenters. The number of ether oxygens (including phenoxy) is 1. The van der Waals surface area contributed by atoms with Gasteiger partial charge in [0.25, 0.3) is 0 Å². The lowest BCUT2D eigenvalue weighted by molar-refractivity contribution is -0.144. The summed E-state index contributed by atoms with van der Waals surface area (Å²) in [5.74, 6) is 1.66. The molecule has 0 aromatic rings. The van der Waals surface area contributed by atoms with Crippen LogP contribution in [-0.2, 0) is 9.53 Å². The van der Waals surface area contributed by atoms with E-state index in [0.29, 0.717) is 13.0 Å². The van der Waals surface area contributed by atoms with Gasteiger partial charge in [0.1, 0.15) is 0 Å². The Bertz CT molecular complexity index is 263. The molecule has 2 aliphatic carbocycles. The predicted molar refractivity (Wildman–Crippen MR) is 62.8 cm³/mol. The van der Waals surface area contributed by atoms with E-state index in [2.05, 4.69) is 0 Å². The predicted octanol–water partition coefficient (Wildman–Crippen LogP) is 2.09. The number of nitrogens with two attached hydrogens (primary N) is 1. The Morgan fingerprint density at radius 3 is 2.69 bits per heavy atom. The first-order valence-electron chi connectivity index (χ1n) is 6.46. The van der Waals surface area contributed by atoms with E-state index in [1.54, 1.807) is 0 Å². The molecule has 0 spiro atoms. The van der Waals surface area contributed by atoms with Gasteiger partial charge in [-0.2, -0.15) is 0 Å². The average Bonchev–Trinajstić information content (AvgIpc) is 3.13. The van der Waals surface area contributed by atoms with Gasteiger partial charge in [0.2, 0.25) is 0 Å². The number of esters is 1. The highest BCUT2D eigenvalue weighted by atomic mass is 16.5. The van der Waals surface area contributed by atoms with Gasteiger partial charge in [-0.3, -0.25) is 4.79 Å². The summed E-state index contributed by atoms with van der Waals surface area (Å²) in [4.78, 5) is 11.5. The van der Waals surface area contributed by atoms with Gasteiger partial charge in [0.15, 0.2) is 0 Å². The standard InChI is InChI=1S/C13H23NO2/c1-16-12(15)8-13(9-14)6-2-3-11(7-13)10-4-5-10/h10-11H,2-9,14H2,1H3. The van der Waals surface area contributed by atoms with Crippen molar-refractivity contribution in [3.63, 3.8) is 0 Å². The maximum absolute atomic E-state index is 11.5. The van der Waals surface area contributed by atoms with Gasteiger partial charge >= 0.3 is 5.97 Å². The first-order valence-corrected chi connectivity index (χ1v) is 6.46. The third-order valence-electron chi connectivity index (χ3n) is 4.45. The molecule has 92 valence electrons. The molecular formula is C13H23NO2. The first kappa shape index (κ1) is 11.9. The van der Waals surface area contributed by atoms with Gasteiger partial charge in [0, 0.05) is 0 Å². The van der Waals surface area contributed by atoms with E-state index in [0.717, 1.165) is 24.7 Å². The van der Waals surface area contributed by atoms with Gasteiger partial charge in [-0.25, -0.2) is 0 Å². The number of carbonyl (C=O) groups is 1. The Labute approximate surface area is 97.7 Å². The SMILES string of the molecule is COC(=O)CC1(CN)CCCC(C2CC2)C1. The molecule has 3 nitrogen and oxygen atoms in total. The maximum atomic E-state index is 11.5. The number of rotatable bonds is 4. The van der Waals surface area contributed by atoms with Crippen LogP contribution in [0.2, 0.25) is 0 Å². The van der Waals surface area contributed by atoms with E-state index in [1.165, 1.54) is 32.8 Å². The number of methoxy groups -OCH3 is 1. The van der Waals surface area contributed by atoms with Gasteiger partial charge < -0.3 is 10.5 Å². The molecule has 2 saturated carbocycles. The Morgan fingerprint density at radius 1 is 1.38 bits per heavy atom. The average molecular weight is 225 g/mol. The van der Waals surface area contributed by atoms with Crippen molar-refractivity contribution < 1.29 is 9.53 Å². The summed E-state index contributed by atoms with van der Waals surface area (Å²) in [6, 6.07) is 0. The van der Waals surface area contributed by atoms with E-state index in [-0.39, 0.29) is 11.4 Å². The molecule has 16 heavy (non-hydrogen) atoms. The topological polar surface area (TPSA) is 52.3 Å². The monoisotopic (exact) mass is 225 g/mol. The summed E-state index contributed by atoms with van der Waals surface area (Å²) in [5.41, 5.74) is 5.96. The molecule has 0 heterocycles. The lowest BCUT2D eigenvalue weighted by Gasteiger charge is -2.39. The second kappa shape index (κ2) is 4.74. The van der Waals surface area contributed by atoms with Crippen LogP contribution in [0.5, 0.6) is 0 Å². The van der Waals surface area contributed by atoms with E-state index in [1.807, 2.05) is 0 Å². The van der Waals surface area contributed by atoms with Gasteiger partial charge in [-0.05, 0) is 49.5 Å². The molecule has 0 bridgehead atoms. The fraction of sp³-hybridized carbons (Fsp3) is 0.923.